The van der Waals surface area contributed by atoms with E-state index in [1.165, 1.54) is 18.2 Å². The zero-order valence-corrected chi connectivity index (χ0v) is 9.58. The lowest BCUT2D eigenvalue weighted by molar-refractivity contribution is -0.133. The molecule has 0 amide bonds. The Bertz CT molecular complexity index is 532. The Kier molecular flexibility index (Phi) is 3.24. The summed E-state index contributed by atoms with van der Waals surface area (Å²) in [5.41, 5.74) is 3.07. The van der Waals surface area contributed by atoms with E-state index in [4.69, 9.17) is 0 Å². The summed E-state index contributed by atoms with van der Waals surface area (Å²) in [6, 6.07) is 5.60. The second-order valence-corrected chi connectivity index (χ2v) is 3.91. The Balaban J connectivity index is 2.19. The maximum absolute atomic E-state index is 11.7. The second-order valence-electron chi connectivity index (χ2n) is 3.91. The SMILES string of the molecule is COC(=O)C#CC(=O)c1ccc2c(c1)CCC2. The summed E-state index contributed by atoms with van der Waals surface area (Å²) >= 11 is 0. The highest BCUT2D eigenvalue weighted by Crippen LogP contribution is 2.22. The Morgan fingerprint density at radius 1 is 1.18 bits per heavy atom. The van der Waals surface area contributed by atoms with E-state index >= 15 is 0 Å². The third kappa shape index (κ3) is 2.54. The molecule has 0 saturated heterocycles. The summed E-state index contributed by atoms with van der Waals surface area (Å²) in [7, 11) is 1.23. The van der Waals surface area contributed by atoms with Crippen molar-refractivity contribution in [1.82, 2.24) is 0 Å². The number of methoxy groups -OCH3 is 1. The highest BCUT2D eigenvalue weighted by molar-refractivity contribution is 6.11. The predicted molar refractivity (Wildman–Crippen MR) is 62.6 cm³/mol. The van der Waals surface area contributed by atoms with Gasteiger partial charge in [0.1, 0.15) is 0 Å². The average molecular weight is 228 g/mol. The molecule has 0 atom stereocenters. The number of hydrogen-bond acceptors (Lipinski definition) is 3. The number of fused-ring (bicyclic) bond motifs is 1. The highest BCUT2D eigenvalue weighted by Gasteiger charge is 2.12. The van der Waals surface area contributed by atoms with Crippen LogP contribution in [-0.4, -0.2) is 18.9 Å². The molecular weight excluding hydrogens is 216 g/mol. The van der Waals surface area contributed by atoms with E-state index in [9.17, 15) is 9.59 Å². The number of esters is 1. The third-order valence-electron chi connectivity index (χ3n) is 2.82. The number of hydrogen-bond donors (Lipinski definition) is 0. The van der Waals surface area contributed by atoms with E-state index in [0.717, 1.165) is 19.3 Å². The van der Waals surface area contributed by atoms with Crippen LogP contribution in [0.15, 0.2) is 18.2 Å². The predicted octanol–water partition coefficient (Wildman–Crippen LogP) is 1.53. The molecule has 0 heterocycles. The van der Waals surface area contributed by atoms with Gasteiger partial charge in [-0.1, -0.05) is 12.1 Å². The number of carbonyl (C=O) groups excluding carboxylic acids is 2. The molecule has 17 heavy (non-hydrogen) atoms. The normalized spacial score (nSPS) is 12.3. The summed E-state index contributed by atoms with van der Waals surface area (Å²) in [5.74, 6) is 3.38. The van der Waals surface area contributed by atoms with Crippen LogP contribution in [0.25, 0.3) is 0 Å². The van der Waals surface area contributed by atoms with Gasteiger partial charge in [-0.2, -0.15) is 0 Å². The van der Waals surface area contributed by atoms with Crippen LogP contribution in [0, 0.1) is 11.8 Å². The van der Waals surface area contributed by atoms with Crippen molar-refractivity contribution >= 4 is 11.8 Å². The van der Waals surface area contributed by atoms with Crippen molar-refractivity contribution in [2.45, 2.75) is 19.3 Å². The van der Waals surface area contributed by atoms with Crippen molar-refractivity contribution in [3.8, 4) is 11.8 Å². The zero-order valence-electron chi connectivity index (χ0n) is 9.58. The average Bonchev–Trinajstić information content (AvgIpc) is 2.82. The molecule has 0 aliphatic heterocycles. The van der Waals surface area contributed by atoms with Crippen LogP contribution in [0.1, 0.15) is 27.9 Å². The molecule has 0 N–H and O–H groups in total. The minimum absolute atomic E-state index is 0.342. The van der Waals surface area contributed by atoms with Gasteiger partial charge in [-0.05, 0) is 42.4 Å². The molecule has 1 aliphatic rings. The summed E-state index contributed by atoms with van der Waals surface area (Å²) in [6.07, 6.45) is 3.24. The molecule has 0 fully saturated rings. The topological polar surface area (TPSA) is 43.4 Å². The van der Waals surface area contributed by atoms with Crippen LogP contribution in [0.3, 0.4) is 0 Å². The highest BCUT2D eigenvalue weighted by atomic mass is 16.5. The fourth-order valence-electron chi connectivity index (χ4n) is 1.94. The quantitative estimate of drug-likeness (QED) is 0.241. The molecular formula is C14H12O3. The number of aryl methyl sites for hydroxylation is 2. The van der Waals surface area contributed by atoms with Crippen molar-refractivity contribution in [2.75, 3.05) is 7.11 Å². The molecule has 3 heteroatoms. The fourth-order valence-corrected chi connectivity index (χ4v) is 1.94. The van der Waals surface area contributed by atoms with Crippen LogP contribution >= 0.6 is 0 Å². The maximum Gasteiger partial charge on any atom is 0.384 e. The number of carbonyl (C=O) groups is 2. The molecule has 0 spiro atoms. The van der Waals surface area contributed by atoms with Gasteiger partial charge in [-0.15, -0.1) is 0 Å². The molecule has 0 aromatic heterocycles. The van der Waals surface area contributed by atoms with Gasteiger partial charge in [0.25, 0.3) is 0 Å². The van der Waals surface area contributed by atoms with Crippen molar-refractivity contribution in [3.05, 3.63) is 34.9 Å². The Morgan fingerprint density at radius 3 is 2.71 bits per heavy atom. The van der Waals surface area contributed by atoms with Crippen LogP contribution < -0.4 is 0 Å². The number of Topliss-reactive ketones (excluding diaryl/α,β-unsaturated/α-hetero) is 1. The Morgan fingerprint density at radius 2 is 1.94 bits per heavy atom. The van der Waals surface area contributed by atoms with Crippen LogP contribution in [0.2, 0.25) is 0 Å². The van der Waals surface area contributed by atoms with Gasteiger partial charge in [-0.25, -0.2) is 4.79 Å². The summed E-state index contributed by atoms with van der Waals surface area (Å²) in [5, 5.41) is 0. The fraction of sp³-hybridized carbons (Fsp3) is 0.286. The van der Waals surface area contributed by atoms with Gasteiger partial charge in [0.15, 0.2) is 0 Å². The van der Waals surface area contributed by atoms with Crippen molar-refractivity contribution in [2.24, 2.45) is 0 Å². The first-order valence-corrected chi connectivity index (χ1v) is 5.47. The number of ether oxygens (including phenoxy) is 1. The molecule has 0 unspecified atom stereocenters. The lowest BCUT2D eigenvalue weighted by Gasteiger charge is -2.00. The van der Waals surface area contributed by atoms with Gasteiger partial charge >= 0.3 is 5.97 Å². The lowest BCUT2D eigenvalue weighted by atomic mass is 10.0. The number of rotatable bonds is 1. The third-order valence-corrected chi connectivity index (χ3v) is 2.82. The smallest absolute Gasteiger partial charge is 0.384 e. The minimum atomic E-state index is -0.695. The van der Waals surface area contributed by atoms with E-state index in [1.807, 2.05) is 12.1 Å². The van der Waals surface area contributed by atoms with Gasteiger partial charge < -0.3 is 4.74 Å². The van der Waals surface area contributed by atoms with E-state index in [-0.39, 0.29) is 5.78 Å². The molecule has 86 valence electrons. The molecule has 2 rings (SSSR count). The molecule has 0 bridgehead atoms. The maximum atomic E-state index is 11.7. The first-order valence-electron chi connectivity index (χ1n) is 5.47. The summed E-state index contributed by atoms with van der Waals surface area (Å²) in [4.78, 5) is 22.5. The van der Waals surface area contributed by atoms with Crippen molar-refractivity contribution < 1.29 is 14.3 Å². The number of benzene rings is 1. The number of ketones is 1. The van der Waals surface area contributed by atoms with Gasteiger partial charge in [-0.3, -0.25) is 4.79 Å². The lowest BCUT2D eigenvalue weighted by Crippen LogP contribution is -2.00. The molecule has 3 nitrogen and oxygen atoms in total. The van der Waals surface area contributed by atoms with Crippen molar-refractivity contribution in [3.63, 3.8) is 0 Å². The van der Waals surface area contributed by atoms with Crippen molar-refractivity contribution in [1.29, 1.82) is 0 Å². The van der Waals surface area contributed by atoms with Gasteiger partial charge in [0.05, 0.1) is 7.11 Å². The van der Waals surface area contributed by atoms with Crippen LogP contribution in [0.5, 0.6) is 0 Å². The largest absolute Gasteiger partial charge is 0.459 e. The second kappa shape index (κ2) is 4.84. The van der Waals surface area contributed by atoms with E-state index in [1.54, 1.807) is 6.07 Å². The molecule has 0 radical (unpaired) electrons. The monoisotopic (exact) mass is 228 g/mol. The molecule has 1 aliphatic carbocycles. The Hall–Kier alpha value is -2.08. The van der Waals surface area contributed by atoms with E-state index < -0.39 is 5.97 Å². The zero-order chi connectivity index (χ0) is 12.3. The Labute approximate surface area is 99.8 Å². The molecule has 1 aromatic carbocycles. The van der Waals surface area contributed by atoms with E-state index in [0.29, 0.717) is 5.56 Å². The summed E-state index contributed by atoms with van der Waals surface area (Å²) in [6.45, 7) is 0. The first-order chi connectivity index (χ1) is 8.20. The summed E-state index contributed by atoms with van der Waals surface area (Å²) < 4.78 is 4.35. The van der Waals surface area contributed by atoms with Gasteiger partial charge in [0, 0.05) is 11.5 Å². The minimum Gasteiger partial charge on any atom is -0.459 e. The molecule has 0 saturated carbocycles. The van der Waals surface area contributed by atoms with E-state index in [2.05, 4.69) is 16.6 Å². The standard InChI is InChI=1S/C14H12O3/c1-17-14(16)8-7-13(15)12-6-5-10-3-2-4-11(10)9-12/h5-6,9H,2-4H2,1H3. The van der Waals surface area contributed by atoms with Crippen LogP contribution in [-0.2, 0) is 22.4 Å². The van der Waals surface area contributed by atoms with Gasteiger partial charge in [0.2, 0.25) is 5.78 Å². The first kappa shape index (κ1) is 11.4. The molecule has 1 aromatic rings. The van der Waals surface area contributed by atoms with Crippen LogP contribution in [0.4, 0.5) is 0 Å².